The fourth-order valence-corrected chi connectivity index (χ4v) is 2.81. The Kier molecular flexibility index (Phi) is 3.50. The van der Waals surface area contributed by atoms with E-state index in [-0.39, 0.29) is 5.82 Å². The summed E-state index contributed by atoms with van der Waals surface area (Å²) in [6.45, 7) is 0.465. The van der Waals surface area contributed by atoms with E-state index in [0.717, 1.165) is 29.7 Å². The van der Waals surface area contributed by atoms with Crippen LogP contribution in [-0.2, 0) is 12.4 Å². The number of benzene rings is 1. The van der Waals surface area contributed by atoms with E-state index in [2.05, 4.69) is 5.10 Å². The second-order valence-corrected chi connectivity index (χ2v) is 5.48. The van der Waals surface area contributed by atoms with Gasteiger partial charge in [0.15, 0.2) is 0 Å². The molecule has 0 unspecified atom stereocenters. The fourth-order valence-electron chi connectivity index (χ4n) is 2.22. The molecular weight excluding hydrogens is 286 g/mol. The summed E-state index contributed by atoms with van der Waals surface area (Å²) < 4.78 is 14.9. The van der Waals surface area contributed by atoms with Gasteiger partial charge in [-0.15, -0.1) is 11.6 Å². The van der Waals surface area contributed by atoms with Crippen molar-refractivity contribution in [3.05, 3.63) is 52.1 Å². The van der Waals surface area contributed by atoms with Gasteiger partial charge < -0.3 is 0 Å². The number of hydrogen-bond acceptors (Lipinski definition) is 1. The Hall–Kier alpha value is -1.06. The third kappa shape index (κ3) is 2.63. The second-order valence-electron chi connectivity index (χ2n) is 4.85. The van der Waals surface area contributed by atoms with Crippen LogP contribution in [-0.4, -0.2) is 9.78 Å². The van der Waals surface area contributed by atoms with Crippen molar-refractivity contribution in [3.8, 4) is 0 Å². The van der Waals surface area contributed by atoms with Crippen LogP contribution in [0.4, 0.5) is 4.39 Å². The summed E-state index contributed by atoms with van der Waals surface area (Å²) in [5.41, 5.74) is 2.77. The summed E-state index contributed by atoms with van der Waals surface area (Å²) in [6.07, 6.45) is 2.30. The van der Waals surface area contributed by atoms with Crippen LogP contribution in [0.2, 0.25) is 5.15 Å². The molecule has 1 heterocycles. The molecule has 1 fully saturated rings. The number of rotatable bonds is 4. The molecule has 5 heteroatoms. The Labute approximate surface area is 121 Å². The molecule has 0 aliphatic heterocycles. The first-order chi connectivity index (χ1) is 9.19. The van der Waals surface area contributed by atoms with E-state index < -0.39 is 0 Å². The van der Waals surface area contributed by atoms with Gasteiger partial charge >= 0.3 is 0 Å². The molecule has 2 aromatic rings. The molecule has 2 nitrogen and oxygen atoms in total. The van der Waals surface area contributed by atoms with Crippen molar-refractivity contribution in [2.24, 2.45) is 0 Å². The molecule has 1 aromatic heterocycles. The minimum absolute atomic E-state index is 0.249. The van der Waals surface area contributed by atoms with Crippen LogP contribution in [0.25, 0.3) is 0 Å². The van der Waals surface area contributed by atoms with E-state index in [9.17, 15) is 4.39 Å². The lowest BCUT2D eigenvalue weighted by molar-refractivity contribution is 0.618. The maximum Gasteiger partial charge on any atom is 0.132 e. The highest BCUT2D eigenvalue weighted by molar-refractivity contribution is 6.31. The van der Waals surface area contributed by atoms with Crippen LogP contribution in [0.15, 0.2) is 24.3 Å². The molecule has 1 aromatic carbocycles. The Morgan fingerprint density at radius 3 is 2.79 bits per heavy atom. The van der Waals surface area contributed by atoms with Crippen LogP contribution < -0.4 is 0 Å². The lowest BCUT2D eigenvalue weighted by Crippen LogP contribution is -2.02. The first-order valence-electron chi connectivity index (χ1n) is 6.24. The highest BCUT2D eigenvalue weighted by atomic mass is 35.5. The normalized spacial score (nSPS) is 14.9. The Bertz CT molecular complexity index is 605. The van der Waals surface area contributed by atoms with Crippen LogP contribution >= 0.6 is 23.2 Å². The highest BCUT2D eigenvalue weighted by Gasteiger charge is 2.31. The van der Waals surface area contributed by atoms with E-state index in [1.807, 2.05) is 6.07 Å². The van der Waals surface area contributed by atoms with Gasteiger partial charge in [0.25, 0.3) is 0 Å². The molecule has 1 saturated carbocycles. The van der Waals surface area contributed by atoms with E-state index in [0.29, 0.717) is 23.5 Å². The minimum Gasteiger partial charge on any atom is -0.249 e. The topological polar surface area (TPSA) is 17.8 Å². The molecule has 19 heavy (non-hydrogen) atoms. The fraction of sp³-hybridized carbons (Fsp3) is 0.357. The molecule has 0 N–H and O–H groups in total. The van der Waals surface area contributed by atoms with Gasteiger partial charge in [-0.1, -0.05) is 23.7 Å². The van der Waals surface area contributed by atoms with Gasteiger partial charge in [0, 0.05) is 11.5 Å². The molecular formula is C14H13Cl2FN2. The molecule has 0 spiro atoms. The summed E-state index contributed by atoms with van der Waals surface area (Å²) in [5, 5.41) is 5.12. The van der Waals surface area contributed by atoms with Crippen molar-refractivity contribution in [2.45, 2.75) is 31.2 Å². The molecule has 0 radical (unpaired) electrons. The molecule has 100 valence electrons. The average molecular weight is 299 g/mol. The van der Waals surface area contributed by atoms with Crippen molar-refractivity contribution >= 4 is 23.2 Å². The zero-order valence-corrected chi connectivity index (χ0v) is 11.8. The number of nitrogens with zero attached hydrogens (tertiary/aromatic N) is 2. The molecule has 1 aliphatic rings. The van der Waals surface area contributed by atoms with E-state index in [1.165, 1.54) is 12.1 Å². The predicted molar refractivity (Wildman–Crippen MR) is 74.3 cm³/mol. The van der Waals surface area contributed by atoms with Crippen molar-refractivity contribution < 1.29 is 4.39 Å². The van der Waals surface area contributed by atoms with E-state index in [4.69, 9.17) is 23.2 Å². The van der Waals surface area contributed by atoms with Crippen LogP contribution in [0.5, 0.6) is 0 Å². The van der Waals surface area contributed by atoms with Gasteiger partial charge in [-0.3, -0.25) is 0 Å². The molecule has 0 atom stereocenters. The summed E-state index contributed by atoms with van der Waals surface area (Å²) in [7, 11) is 0. The third-order valence-electron chi connectivity index (χ3n) is 3.33. The van der Waals surface area contributed by atoms with E-state index >= 15 is 0 Å². The summed E-state index contributed by atoms with van der Waals surface area (Å²) in [5.74, 6) is 0.620. The molecule has 0 amide bonds. The van der Waals surface area contributed by atoms with Crippen LogP contribution in [0, 0.1) is 5.82 Å². The monoisotopic (exact) mass is 298 g/mol. The van der Waals surface area contributed by atoms with Gasteiger partial charge in [-0.05, 0) is 30.5 Å². The number of aromatic nitrogens is 2. The Morgan fingerprint density at radius 2 is 2.16 bits per heavy atom. The van der Waals surface area contributed by atoms with Gasteiger partial charge in [0.05, 0.1) is 18.1 Å². The predicted octanol–water partition coefficient (Wildman–Crippen LogP) is 4.34. The lowest BCUT2D eigenvalue weighted by Gasteiger charge is -2.03. The van der Waals surface area contributed by atoms with Crippen molar-refractivity contribution in [2.75, 3.05) is 0 Å². The van der Waals surface area contributed by atoms with E-state index in [1.54, 1.807) is 10.7 Å². The summed E-state index contributed by atoms with van der Waals surface area (Å²) in [4.78, 5) is 0. The quantitative estimate of drug-likeness (QED) is 0.768. The largest absolute Gasteiger partial charge is 0.249 e. The standard InChI is InChI=1S/C14H13Cl2FN2/c15-7-12-13(10-4-5-10)18-19(14(12)16)8-9-2-1-3-11(17)6-9/h1-3,6,10H,4-5,7-8H2. The highest BCUT2D eigenvalue weighted by Crippen LogP contribution is 2.43. The zero-order valence-electron chi connectivity index (χ0n) is 10.2. The number of halogens is 3. The molecule has 3 rings (SSSR count). The maximum atomic E-state index is 13.2. The van der Waals surface area contributed by atoms with Gasteiger partial charge in [0.2, 0.25) is 0 Å². The first-order valence-corrected chi connectivity index (χ1v) is 7.15. The summed E-state index contributed by atoms with van der Waals surface area (Å²) in [6, 6.07) is 6.47. The zero-order chi connectivity index (χ0) is 13.4. The third-order valence-corrected chi connectivity index (χ3v) is 4.02. The first kappa shape index (κ1) is 12.9. The van der Waals surface area contributed by atoms with Crippen molar-refractivity contribution in [3.63, 3.8) is 0 Å². The molecule has 1 aliphatic carbocycles. The molecule has 0 bridgehead atoms. The van der Waals surface area contributed by atoms with Crippen molar-refractivity contribution in [1.29, 1.82) is 0 Å². The maximum absolute atomic E-state index is 13.2. The SMILES string of the molecule is Fc1cccc(Cn2nc(C3CC3)c(CCl)c2Cl)c1. The second kappa shape index (κ2) is 5.14. The molecule has 0 saturated heterocycles. The number of hydrogen-bond donors (Lipinski definition) is 0. The number of alkyl halides is 1. The van der Waals surface area contributed by atoms with Gasteiger partial charge in [-0.2, -0.15) is 5.10 Å². The smallest absolute Gasteiger partial charge is 0.132 e. The van der Waals surface area contributed by atoms with Crippen LogP contribution in [0.1, 0.15) is 35.6 Å². The Morgan fingerprint density at radius 1 is 1.37 bits per heavy atom. The average Bonchev–Trinajstić information content (AvgIpc) is 3.17. The van der Waals surface area contributed by atoms with Gasteiger partial charge in [0.1, 0.15) is 11.0 Å². The summed E-state index contributed by atoms with van der Waals surface area (Å²) >= 11 is 12.3. The minimum atomic E-state index is -0.249. The van der Waals surface area contributed by atoms with Crippen LogP contribution in [0.3, 0.4) is 0 Å². The van der Waals surface area contributed by atoms with Gasteiger partial charge in [-0.25, -0.2) is 9.07 Å². The van der Waals surface area contributed by atoms with Crippen molar-refractivity contribution in [1.82, 2.24) is 9.78 Å². The lowest BCUT2D eigenvalue weighted by atomic mass is 10.2. The Balaban J connectivity index is 1.92.